The van der Waals surface area contributed by atoms with E-state index < -0.39 is 126 Å². The van der Waals surface area contributed by atoms with Gasteiger partial charge in [0.2, 0.25) is 47.3 Å². The number of hydrogen-bond acceptors (Lipinski definition) is 12. The summed E-state index contributed by atoms with van der Waals surface area (Å²) in [5.74, 6) is -8.37. The maximum atomic E-state index is 14.3. The van der Waals surface area contributed by atoms with Crippen LogP contribution in [-0.4, -0.2) is 160 Å². The highest BCUT2D eigenvalue weighted by Gasteiger charge is 2.43. The molecule has 378 valence electrons. The summed E-state index contributed by atoms with van der Waals surface area (Å²) < 4.78 is 0. The van der Waals surface area contributed by atoms with Crippen LogP contribution >= 0.6 is 0 Å². The quantitative estimate of drug-likeness (QED) is 0.0470. The van der Waals surface area contributed by atoms with Crippen molar-refractivity contribution in [2.75, 3.05) is 26.2 Å². The number of carboxylic acid groups (broad SMARTS) is 2. The zero-order chi connectivity index (χ0) is 50.1. The molecule has 3 aliphatic rings. The van der Waals surface area contributed by atoms with Gasteiger partial charge in [0, 0.05) is 19.5 Å². The zero-order valence-electron chi connectivity index (χ0n) is 40.2. The van der Waals surface area contributed by atoms with Crippen LogP contribution < -0.4 is 43.0 Å². The van der Waals surface area contributed by atoms with Crippen LogP contribution in [0.1, 0.15) is 126 Å². The van der Waals surface area contributed by atoms with Gasteiger partial charge in [-0.05, 0) is 108 Å². The highest BCUT2D eigenvalue weighted by Crippen LogP contribution is 2.24. The number of carbonyl (C=O) groups is 10. The van der Waals surface area contributed by atoms with Crippen molar-refractivity contribution >= 4 is 59.2 Å². The highest BCUT2D eigenvalue weighted by atomic mass is 16.4. The summed E-state index contributed by atoms with van der Waals surface area (Å²) in [5.41, 5.74) is 5.54. The smallest absolute Gasteiger partial charge is 0.326 e. The Hall–Kier alpha value is -5.38. The standard InChI is InChI=1S/C45H76N10O12/c1-24(2)23-31(39(60)52-35(25(3)4)42(63)50-30(45(66)67)13-8-9-19-46)51-40(61)32-15-12-22-55(32)44(65)36(26(5)6)53-41(62)33-16-11-21-54(33)43(64)29(17-18-34(56)57)49-37(58)27(7)48-38(59)28-14-10-20-47-28/h24-33,35-36,47H,8-23,46H2,1-7H3,(H,48,59)(H,49,58)(H,50,63)(H,51,61)(H,52,60)(H,53,62)(H,56,57)(H,66,67)/t27-,28-,29-,30-,31-,32-,33-,35-,36-/m0/s1. The molecule has 0 saturated carbocycles. The van der Waals surface area contributed by atoms with Crippen molar-refractivity contribution in [3.05, 3.63) is 0 Å². The number of unbranched alkanes of at least 4 members (excludes halogenated alkanes) is 1. The fourth-order valence-corrected chi connectivity index (χ4v) is 8.63. The number of aliphatic carboxylic acids is 2. The van der Waals surface area contributed by atoms with Gasteiger partial charge in [-0.1, -0.05) is 41.5 Å². The lowest BCUT2D eigenvalue weighted by Crippen LogP contribution is -2.61. The van der Waals surface area contributed by atoms with Gasteiger partial charge in [0.1, 0.15) is 48.3 Å². The molecule has 0 unspecified atom stereocenters. The van der Waals surface area contributed by atoms with Gasteiger partial charge in [0.15, 0.2) is 0 Å². The third-order valence-electron chi connectivity index (χ3n) is 12.4. The first kappa shape index (κ1) is 55.9. The number of amides is 8. The number of likely N-dealkylation sites (tertiary alicyclic amines) is 2. The van der Waals surface area contributed by atoms with Crippen molar-refractivity contribution in [3.63, 3.8) is 0 Å². The van der Waals surface area contributed by atoms with E-state index in [4.69, 9.17) is 5.73 Å². The largest absolute Gasteiger partial charge is 0.481 e. The van der Waals surface area contributed by atoms with Gasteiger partial charge in [-0.3, -0.25) is 43.2 Å². The fourth-order valence-electron chi connectivity index (χ4n) is 8.63. The first-order chi connectivity index (χ1) is 31.6. The summed E-state index contributed by atoms with van der Waals surface area (Å²) in [6, 6.07) is -9.47. The third kappa shape index (κ3) is 16.7. The number of nitrogens with one attached hydrogen (secondary N) is 7. The molecular formula is C45H76N10O12. The molecule has 9 atom stereocenters. The lowest BCUT2D eigenvalue weighted by Gasteiger charge is -2.33. The van der Waals surface area contributed by atoms with E-state index in [1.165, 1.54) is 16.7 Å². The molecule has 0 spiro atoms. The summed E-state index contributed by atoms with van der Waals surface area (Å²) >= 11 is 0. The molecule has 0 aromatic rings. The fraction of sp³-hybridized carbons (Fsp3) is 0.778. The van der Waals surface area contributed by atoms with Gasteiger partial charge in [-0.2, -0.15) is 0 Å². The van der Waals surface area contributed by atoms with Gasteiger partial charge < -0.3 is 63.0 Å². The first-order valence-corrected chi connectivity index (χ1v) is 23.9. The third-order valence-corrected chi connectivity index (χ3v) is 12.4. The van der Waals surface area contributed by atoms with E-state index in [1.54, 1.807) is 27.7 Å². The van der Waals surface area contributed by atoms with Crippen LogP contribution in [0.2, 0.25) is 0 Å². The lowest BCUT2D eigenvalue weighted by atomic mass is 9.98. The van der Waals surface area contributed by atoms with E-state index in [0.717, 1.165) is 6.42 Å². The normalized spacial score (nSPS) is 20.9. The molecule has 0 aromatic heterocycles. The Morgan fingerprint density at radius 1 is 0.597 bits per heavy atom. The predicted molar refractivity (Wildman–Crippen MR) is 244 cm³/mol. The van der Waals surface area contributed by atoms with Crippen LogP contribution in [0.5, 0.6) is 0 Å². The molecule has 0 aromatic carbocycles. The average molecular weight is 949 g/mol. The Morgan fingerprint density at radius 3 is 1.70 bits per heavy atom. The minimum Gasteiger partial charge on any atom is -0.481 e. The summed E-state index contributed by atoms with van der Waals surface area (Å²) in [6.45, 7) is 13.3. The maximum Gasteiger partial charge on any atom is 0.326 e. The highest BCUT2D eigenvalue weighted by molar-refractivity contribution is 5.98. The summed E-state index contributed by atoms with van der Waals surface area (Å²) in [6.07, 6.45) is 3.38. The van der Waals surface area contributed by atoms with Crippen LogP contribution in [0.4, 0.5) is 0 Å². The topological polar surface area (TPSA) is 328 Å². The molecule has 67 heavy (non-hydrogen) atoms. The molecule has 22 nitrogen and oxygen atoms in total. The number of nitrogens with zero attached hydrogens (tertiary/aromatic N) is 2. The predicted octanol–water partition coefficient (Wildman–Crippen LogP) is -0.914. The van der Waals surface area contributed by atoms with Crippen LogP contribution in [0.25, 0.3) is 0 Å². The zero-order valence-corrected chi connectivity index (χ0v) is 40.2. The first-order valence-electron chi connectivity index (χ1n) is 23.9. The second-order valence-corrected chi connectivity index (χ2v) is 19.1. The van der Waals surface area contributed by atoms with Crippen molar-refractivity contribution in [2.24, 2.45) is 23.5 Å². The summed E-state index contributed by atoms with van der Waals surface area (Å²) in [5, 5.41) is 38.2. The molecule has 11 N–H and O–H groups in total. The SMILES string of the molecule is CC(C)C[C@H](NC(=O)[C@@H]1CCCN1C(=O)[C@@H](NC(=O)[C@@H]1CCCN1C(=O)[C@H](CCC(=O)O)NC(=O)[C@H](C)NC(=O)[C@@H]1CCCN1)C(C)C)C(=O)N[C@H](C(=O)N[C@@H](CCCCN)C(=O)O)C(C)C. The number of rotatable bonds is 26. The van der Waals surface area contributed by atoms with E-state index in [9.17, 15) is 58.2 Å². The van der Waals surface area contributed by atoms with Crippen molar-refractivity contribution < 1.29 is 58.2 Å². The van der Waals surface area contributed by atoms with E-state index in [1.807, 2.05) is 13.8 Å². The Labute approximate surface area is 393 Å². The van der Waals surface area contributed by atoms with Crippen molar-refractivity contribution in [1.82, 2.24) is 47.0 Å². The van der Waals surface area contributed by atoms with Crippen molar-refractivity contribution in [2.45, 2.75) is 180 Å². The number of carboxylic acids is 2. The van der Waals surface area contributed by atoms with E-state index >= 15 is 0 Å². The maximum absolute atomic E-state index is 14.3. The molecule has 0 bridgehead atoms. The van der Waals surface area contributed by atoms with Crippen LogP contribution in [0.15, 0.2) is 0 Å². The van der Waals surface area contributed by atoms with Gasteiger partial charge in [-0.15, -0.1) is 0 Å². The molecule has 3 saturated heterocycles. The molecule has 8 amide bonds. The Morgan fingerprint density at radius 2 is 1.18 bits per heavy atom. The average Bonchev–Trinajstić information content (AvgIpc) is 4.08. The van der Waals surface area contributed by atoms with E-state index in [-0.39, 0.29) is 57.0 Å². The molecule has 3 fully saturated rings. The minimum absolute atomic E-state index is 0.0933. The second kappa shape index (κ2) is 26.8. The molecule has 0 radical (unpaired) electrons. The van der Waals surface area contributed by atoms with Gasteiger partial charge >= 0.3 is 11.9 Å². The second-order valence-electron chi connectivity index (χ2n) is 19.1. The van der Waals surface area contributed by atoms with Gasteiger partial charge in [0.25, 0.3) is 0 Å². The Bertz CT molecular complexity index is 1770. The monoisotopic (exact) mass is 949 g/mol. The Kier molecular flexibility index (Phi) is 22.4. The van der Waals surface area contributed by atoms with Gasteiger partial charge in [-0.25, -0.2) is 4.79 Å². The minimum atomic E-state index is -1.33. The molecule has 3 heterocycles. The molecular weight excluding hydrogens is 873 g/mol. The number of nitrogens with two attached hydrogens (primary N) is 1. The number of carbonyl (C=O) groups excluding carboxylic acids is 8. The van der Waals surface area contributed by atoms with Crippen LogP contribution in [-0.2, 0) is 47.9 Å². The van der Waals surface area contributed by atoms with Crippen molar-refractivity contribution in [1.29, 1.82) is 0 Å². The Balaban J connectivity index is 1.73. The molecule has 3 rings (SSSR count). The molecule has 22 heteroatoms. The van der Waals surface area contributed by atoms with Gasteiger partial charge in [0.05, 0.1) is 6.04 Å². The van der Waals surface area contributed by atoms with Crippen LogP contribution in [0, 0.1) is 17.8 Å². The van der Waals surface area contributed by atoms with Crippen molar-refractivity contribution in [3.8, 4) is 0 Å². The number of hydrogen-bond donors (Lipinski definition) is 10. The van der Waals surface area contributed by atoms with E-state index in [0.29, 0.717) is 45.2 Å². The lowest BCUT2D eigenvalue weighted by molar-refractivity contribution is -0.145. The summed E-state index contributed by atoms with van der Waals surface area (Å²) in [4.78, 5) is 136. The molecule has 3 aliphatic heterocycles. The molecule has 0 aliphatic carbocycles. The van der Waals surface area contributed by atoms with Crippen LogP contribution in [0.3, 0.4) is 0 Å². The van der Waals surface area contributed by atoms with E-state index in [2.05, 4.69) is 37.2 Å². The summed E-state index contributed by atoms with van der Waals surface area (Å²) in [7, 11) is 0.